The van der Waals surface area contributed by atoms with E-state index in [0.29, 0.717) is 16.8 Å². The van der Waals surface area contributed by atoms with Gasteiger partial charge in [-0.15, -0.1) is 0 Å². The molecule has 12 nitrogen and oxygen atoms in total. The van der Waals surface area contributed by atoms with Crippen molar-refractivity contribution in [3.63, 3.8) is 0 Å². The minimum atomic E-state index is -4.30. The molecule has 42 heavy (non-hydrogen) atoms. The Bertz CT molecular complexity index is 1710. The van der Waals surface area contributed by atoms with Gasteiger partial charge in [0.15, 0.2) is 11.5 Å². The molecule has 0 spiro atoms. The molecule has 0 unspecified atom stereocenters. The number of nitro groups is 1. The number of imide groups is 1. The molecule has 1 fully saturated rings. The monoisotopic (exact) mass is 675 g/mol. The van der Waals surface area contributed by atoms with Crippen LogP contribution in [0.3, 0.4) is 0 Å². The normalized spacial score (nSPS) is 14.3. The molecule has 15 heteroatoms. The second-order valence-corrected chi connectivity index (χ2v) is 12.1. The van der Waals surface area contributed by atoms with Gasteiger partial charge in [0.2, 0.25) is 5.91 Å². The first-order chi connectivity index (χ1) is 19.9. The molecule has 1 heterocycles. The predicted octanol–water partition coefficient (Wildman–Crippen LogP) is 5.72. The summed E-state index contributed by atoms with van der Waals surface area (Å²) in [4.78, 5) is 48.2. The zero-order valence-corrected chi connectivity index (χ0v) is 25.2. The second-order valence-electron chi connectivity index (χ2n) is 8.70. The first-order valence-electron chi connectivity index (χ1n) is 12.1. The summed E-state index contributed by atoms with van der Waals surface area (Å²) < 4.78 is 37.3. The van der Waals surface area contributed by atoms with Gasteiger partial charge in [-0.1, -0.05) is 12.1 Å². The van der Waals surface area contributed by atoms with Crippen LogP contribution < -0.4 is 14.2 Å². The van der Waals surface area contributed by atoms with Crippen LogP contribution in [0.2, 0.25) is 0 Å². The number of rotatable bonds is 10. The summed E-state index contributed by atoms with van der Waals surface area (Å²) in [5, 5.41) is 12.9. The third kappa shape index (κ3) is 7.16. The number of hydrogen-bond acceptors (Lipinski definition) is 10. The van der Waals surface area contributed by atoms with Crippen molar-refractivity contribution < 1.29 is 36.6 Å². The van der Waals surface area contributed by atoms with E-state index in [2.05, 4.69) is 21.2 Å². The minimum absolute atomic E-state index is 0.0652. The standard InChI is InChI=1S/C27H22BrN3O9S2/c1-3-39-23-13-18(12-22(28)25(23)40-42(37,38)21-10-6-19(7-11-21)29-16(2)32)14-24-26(33)30(27(34)41-24)15-17-4-8-20(9-5-17)31(35)36/h4-14H,3,15H2,1-2H3,(H,29,32)/b24-14-. The molecule has 1 N–H and O–H groups in total. The molecule has 0 radical (unpaired) electrons. The van der Waals surface area contributed by atoms with E-state index in [4.69, 9.17) is 8.92 Å². The Hall–Kier alpha value is -4.21. The number of non-ortho nitro benzene ring substituents is 1. The number of halogens is 1. The van der Waals surface area contributed by atoms with Crippen LogP contribution in [0.4, 0.5) is 16.2 Å². The number of carbonyl (C=O) groups is 3. The zero-order chi connectivity index (χ0) is 30.6. The highest BCUT2D eigenvalue weighted by atomic mass is 79.9. The van der Waals surface area contributed by atoms with Gasteiger partial charge in [0, 0.05) is 24.7 Å². The number of nitrogens with zero attached hydrogens (tertiary/aromatic N) is 2. The number of amides is 3. The van der Waals surface area contributed by atoms with Gasteiger partial charge in [-0.05, 0) is 88.2 Å². The summed E-state index contributed by atoms with van der Waals surface area (Å²) in [6.45, 7) is 3.13. The Morgan fingerprint density at radius 2 is 1.79 bits per heavy atom. The molecular formula is C27H22BrN3O9S2. The molecule has 0 aromatic heterocycles. The number of nitrogens with one attached hydrogen (secondary N) is 1. The van der Waals surface area contributed by atoms with E-state index in [0.717, 1.165) is 16.7 Å². The predicted molar refractivity (Wildman–Crippen MR) is 158 cm³/mol. The molecule has 1 saturated heterocycles. The fraction of sp³-hybridized carbons (Fsp3) is 0.148. The van der Waals surface area contributed by atoms with Crippen LogP contribution in [-0.2, 0) is 26.3 Å². The molecule has 3 aromatic carbocycles. The van der Waals surface area contributed by atoms with Crippen LogP contribution in [0.25, 0.3) is 6.08 Å². The highest BCUT2D eigenvalue weighted by Crippen LogP contribution is 2.41. The van der Waals surface area contributed by atoms with Gasteiger partial charge in [0.1, 0.15) is 4.90 Å². The first kappa shape index (κ1) is 30.7. The van der Waals surface area contributed by atoms with E-state index in [1.54, 1.807) is 6.92 Å². The summed E-state index contributed by atoms with van der Waals surface area (Å²) in [5.41, 5.74) is 1.27. The van der Waals surface area contributed by atoms with Crippen molar-refractivity contribution in [1.29, 1.82) is 0 Å². The van der Waals surface area contributed by atoms with E-state index in [-0.39, 0.29) is 50.5 Å². The van der Waals surface area contributed by atoms with Crippen molar-refractivity contribution in [1.82, 2.24) is 4.90 Å². The summed E-state index contributed by atoms with van der Waals surface area (Å²) in [6, 6.07) is 13.9. The molecule has 0 bridgehead atoms. The van der Waals surface area contributed by atoms with Crippen molar-refractivity contribution in [2.45, 2.75) is 25.3 Å². The van der Waals surface area contributed by atoms with E-state index in [1.807, 2.05) is 0 Å². The number of ether oxygens (including phenoxy) is 1. The molecule has 0 saturated carbocycles. The minimum Gasteiger partial charge on any atom is -0.490 e. The Balaban J connectivity index is 1.57. The average Bonchev–Trinajstić information content (AvgIpc) is 3.18. The van der Waals surface area contributed by atoms with Crippen LogP contribution in [0.15, 0.2) is 74.9 Å². The SMILES string of the molecule is CCOc1cc(/C=C2\SC(=O)N(Cc3ccc([N+](=O)[O-])cc3)C2=O)cc(Br)c1OS(=O)(=O)c1ccc(NC(C)=O)cc1. The van der Waals surface area contributed by atoms with Gasteiger partial charge in [-0.3, -0.25) is 29.4 Å². The molecule has 1 aliphatic heterocycles. The van der Waals surface area contributed by atoms with E-state index >= 15 is 0 Å². The van der Waals surface area contributed by atoms with Crippen LogP contribution in [0.5, 0.6) is 11.5 Å². The van der Waals surface area contributed by atoms with Crippen LogP contribution in [-0.4, -0.2) is 41.9 Å². The first-order valence-corrected chi connectivity index (χ1v) is 15.2. The number of carbonyl (C=O) groups excluding carboxylic acids is 3. The maximum atomic E-state index is 13.0. The van der Waals surface area contributed by atoms with Gasteiger partial charge in [-0.2, -0.15) is 8.42 Å². The maximum absolute atomic E-state index is 13.0. The quantitative estimate of drug-likeness (QED) is 0.122. The van der Waals surface area contributed by atoms with Crippen molar-refractivity contribution in [3.05, 3.63) is 91.3 Å². The van der Waals surface area contributed by atoms with Gasteiger partial charge in [0.05, 0.1) is 27.5 Å². The molecule has 4 rings (SSSR count). The molecule has 3 aromatic rings. The van der Waals surface area contributed by atoms with Crippen LogP contribution in [0.1, 0.15) is 25.0 Å². The summed E-state index contributed by atoms with van der Waals surface area (Å²) >= 11 is 4.04. The number of benzene rings is 3. The van der Waals surface area contributed by atoms with Gasteiger partial charge in [0.25, 0.3) is 16.8 Å². The molecule has 3 amide bonds. The highest BCUT2D eigenvalue weighted by Gasteiger charge is 2.35. The van der Waals surface area contributed by atoms with Crippen molar-refractivity contribution in [3.8, 4) is 11.5 Å². The number of anilines is 1. The molecule has 0 atom stereocenters. The fourth-order valence-electron chi connectivity index (χ4n) is 3.77. The Labute approximate surface area is 253 Å². The molecule has 0 aliphatic carbocycles. The smallest absolute Gasteiger partial charge is 0.339 e. The third-order valence-corrected chi connectivity index (χ3v) is 8.38. The molecule has 1 aliphatic rings. The topological polar surface area (TPSA) is 162 Å². The lowest BCUT2D eigenvalue weighted by Crippen LogP contribution is -2.27. The number of thioether (sulfide) groups is 1. The number of nitro benzene ring substituents is 1. The maximum Gasteiger partial charge on any atom is 0.339 e. The zero-order valence-electron chi connectivity index (χ0n) is 22.0. The van der Waals surface area contributed by atoms with Gasteiger partial charge in [-0.25, -0.2) is 0 Å². The van der Waals surface area contributed by atoms with E-state index in [9.17, 15) is 32.9 Å². The summed E-state index contributed by atoms with van der Waals surface area (Å²) in [7, 11) is -4.30. The Morgan fingerprint density at radius 3 is 2.38 bits per heavy atom. The largest absolute Gasteiger partial charge is 0.490 e. The third-order valence-electron chi connectivity index (χ3n) is 5.65. The second kappa shape index (κ2) is 12.8. The lowest BCUT2D eigenvalue weighted by Gasteiger charge is -2.15. The Morgan fingerprint density at radius 1 is 1.12 bits per heavy atom. The van der Waals surface area contributed by atoms with Crippen LogP contribution in [0, 0.1) is 10.1 Å². The molecular weight excluding hydrogens is 654 g/mol. The molecule has 218 valence electrons. The Kier molecular flexibility index (Phi) is 9.33. The lowest BCUT2D eigenvalue weighted by atomic mass is 10.1. The summed E-state index contributed by atoms with van der Waals surface area (Å²) in [5.74, 6) is -0.905. The van der Waals surface area contributed by atoms with E-state index < -0.39 is 26.2 Å². The van der Waals surface area contributed by atoms with Crippen LogP contribution >= 0.6 is 27.7 Å². The van der Waals surface area contributed by atoms with Crippen molar-refractivity contribution in [2.75, 3.05) is 11.9 Å². The summed E-state index contributed by atoms with van der Waals surface area (Å²) in [6.07, 6.45) is 1.47. The van der Waals surface area contributed by atoms with Gasteiger partial charge >= 0.3 is 10.1 Å². The van der Waals surface area contributed by atoms with Crippen molar-refractivity contribution >= 4 is 72.3 Å². The number of hydrogen-bond donors (Lipinski definition) is 1. The fourth-order valence-corrected chi connectivity index (χ4v) is 6.22. The van der Waals surface area contributed by atoms with Gasteiger partial charge < -0.3 is 14.2 Å². The lowest BCUT2D eigenvalue weighted by molar-refractivity contribution is -0.384. The highest BCUT2D eigenvalue weighted by molar-refractivity contribution is 9.10. The van der Waals surface area contributed by atoms with E-state index in [1.165, 1.54) is 73.7 Å². The average molecular weight is 677 g/mol. The van der Waals surface area contributed by atoms with Crippen molar-refractivity contribution in [2.24, 2.45) is 0 Å².